The third kappa shape index (κ3) is 5.51. The third-order valence-electron chi connectivity index (χ3n) is 4.31. The number of rotatable bonds is 6. The molecule has 1 N–H and O–H groups in total. The van der Waals surface area contributed by atoms with E-state index in [4.69, 9.17) is 0 Å². The predicted octanol–water partition coefficient (Wildman–Crippen LogP) is 3.75. The number of pyridine rings is 1. The molecule has 0 atom stereocenters. The average Bonchev–Trinajstić information content (AvgIpc) is 2.57. The third-order valence-corrected chi connectivity index (χ3v) is 4.31. The van der Waals surface area contributed by atoms with E-state index in [1.165, 1.54) is 37.7 Å². The molecule has 1 heterocycles. The molecule has 0 saturated heterocycles. The van der Waals surface area contributed by atoms with Crippen molar-refractivity contribution in [1.29, 1.82) is 0 Å². The summed E-state index contributed by atoms with van der Waals surface area (Å²) in [4.78, 5) is 18.0. The van der Waals surface area contributed by atoms with Crippen LogP contribution in [0.5, 0.6) is 0 Å². The summed E-state index contributed by atoms with van der Waals surface area (Å²) in [6, 6.07) is 3.98. The number of likely N-dealkylation sites (N-methyl/N-ethyl adjacent to an activating group) is 1. The van der Waals surface area contributed by atoms with E-state index < -0.39 is 0 Å². The van der Waals surface area contributed by atoms with E-state index >= 15 is 0 Å². The molecule has 1 aromatic rings. The Bertz CT molecular complexity index is 466. The quantitative estimate of drug-likeness (QED) is 0.869. The van der Waals surface area contributed by atoms with Crippen LogP contribution in [0.3, 0.4) is 0 Å². The van der Waals surface area contributed by atoms with Gasteiger partial charge in [0.15, 0.2) is 0 Å². The summed E-state index contributed by atoms with van der Waals surface area (Å²) >= 11 is 0. The number of amides is 2. The predicted molar refractivity (Wildman–Crippen MR) is 89.4 cm³/mol. The lowest BCUT2D eigenvalue weighted by atomic mass is 9.89. The van der Waals surface area contributed by atoms with Gasteiger partial charge in [0.05, 0.1) is 0 Å². The van der Waals surface area contributed by atoms with E-state index in [0.29, 0.717) is 12.5 Å². The van der Waals surface area contributed by atoms with Crippen LogP contribution < -0.4 is 5.32 Å². The molecule has 1 fully saturated rings. The van der Waals surface area contributed by atoms with Gasteiger partial charge in [0.2, 0.25) is 0 Å². The smallest absolute Gasteiger partial charge is 0.321 e. The molecule has 1 aromatic heterocycles. The lowest BCUT2D eigenvalue weighted by Gasteiger charge is -2.21. The van der Waals surface area contributed by atoms with E-state index in [9.17, 15) is 4.79 Å². The summed E-state index contributed by atoms with van der Waals surface area (Å²) in [5, 5.41) is 2.91. The first-order valence-electron chi connectivity index (χ1n) is 8.40. The van der Waals surface area contributed by atoms with E-state index in [0.717, 1.165) is 13.0 Å². The minimum Gasteiger partial charge on any atom is -0.324 e. The molecule has 4 nitrogen and oxygen atoms in total. The van der Waals surface area contributed by atoms with E-state index in [1.807, 2.05) is 30.2 Å². The van der Waals surface area contributed by atoms with Crippen LogP contribution in [0.2, 0.25) is 0 Å². The Balaban J connectivity index is 1.74. The number of nitrogens with zero attached hydrogens (tertiary/aromatic N) is 2. The molecule has 22 heavy (non-hydrogen) atoms. The first-order chi connectivity index (χ1) is 10.8. The fourth-order valence-corrected chi connectivity index (χ4v) is 2.89. The van der Waals surface area contributed by atoms with Gasteiger partial charge in [0, 0.05) is 31.7 Å². The molecule has 0 aliphatic heterocycles. The highest BCUT2D eigenvalue weighted by molar-refractivity contribution is 5.75. The number of carbonyl (C=O) groups is 1. The molecule has 0 aromatic carbocycles. The first-order valence-corrected chi connectivity index (χ1v) is 8.40. The van der Waals surface area contributed by atoms with Crippen LogP contribution in [0, 0.1) is 5.92 Å². The maximum absolute atomic E-state index is 12.2. The number of hydrogen-bond donors (Lipinski definition) is 1. The highest BCUT2D eigenvalue weighted by atomic mass is 16.2. The van der Waals surface area contributed by atoms with Crippen molar-refractivity contribution in [2.24, 2.45) is 5.92 Å². The number of urea groups is 1. The molecule has 2 rings (SSSR count). The summed E-state index contributed by atoms with van der Waals surface area (Å²) in [5.41, 5.74) is 1.21. The van der Waals surface area contributed by atoms with E-state index in [2.05, 4.69) is 16.4 Å². The number of allylic oxidation sites excluding steroid dienone is 1. The molecule has 0 spiro atoms. The maximum atomic E-state index is 12.2. The van der Waals surface area contributed by atoms with E-state index in [-0.39, 0.29) is 6.03 Å². The van der Waals surface area contributed by atoms with Gasteiger partial charge in [-0.15, -0.1) is 0 Å². The molecule has 0 unspecified atom stereocenters. The monoisotopic (exact) mass is 301 g/mol. The second-order valence-corrected chi connectivity index (χ2v) is 5.89. The van der Waals surface area contributed by atoms with Gasteiger partial charge in [-0.2, -0.15) is 0 Å². The number of hydrogen-bond acceptors (Lipinski definition) is 2. The largest absolute Gasteiger partial charge is 0.324 e. The number of aromatic nitrogens is 1. The van der Waals surface area contributed by atoms with Crippen LogP contribution in [-0.2, 0) is 6.42 Å². The zero-order chi connectivity index (χ0) is 15.6. The Morgan fingerprint density at radius 3 is 2.73 bits per heavy atom. The van der Waals surface area contributed by atoms with Crippen molar-refractivity contribution >= 4 is 6.03 Å². The standard InChI is InChI=1S/C18H27N3O/c1-2-21(15-11-17-8-12-19-13-9-17)18(22)20-14-10-16-6-4-3-5-7-16/h8-10,12-14,16H,2-7,11,15H2,1H3,(H,20,22)/b14-10+. The molecule has 0 radical (unpaired) electrons. The second kappa shape index (κ2) is 9.23. The van der Waals surface area contributed by atoms with Crippen molar-refractivity contribution in [3.8, 4) is 0 Å². The normalized spacial score (nSPS) is 15.9. The lowest BCUT2D eigenvalue weighted by Crippen LogP contribution is -2.38. The van der Waals surface area contributed by atoms with Crippen LogP contribution in [0.25, 0.3) is 0 Å². The molecule has 120 valence electrons. The SMILES string of the molecule is CCN(CCc1ccncc1)C(=O)N/C=C/C1CCCCC1. The fraction of sp³-hybridized carbons (Fsp3) is 0.556. The molecule has 1 saturated carbocycles. The molecular formula is C18H27N3O. The number of carbonyl (C=O) groups excluding carboxylic acids is 1. The Kier molecular flexibility index (Phi) is 6.94. The molecule has 2 amide bonds. The zero-order valence-corrected chi connectivity index (χ0v) is 13.5. The number of nitrogens with one attached hydrogen (secondary N) is 1. The second-order valence-electron chi connectivity index (χ2n) is 5.89. The summed E-state index contributed by atoms with van der Waals surface area (Å²) in [6.45, 7) is 3.45. The Morgan fingerprint density at radius 1 is 1.32 bits per heavy atom. The van der Waals surface area contributed by atoms with Gasteiger partial charge in [0.25, 0.3) is 0 Å². The Labute approximate surface area is 133 Å². The zero-order valence-electron chi connectivity index (χ0n) is 13.5. The lowest BCUT2D eigenvalue weighted by molar-refractivity contribution is 0.205. The van der Waals surface area contributed by atoms with Gasteiger partial charge in [-0.05, 0) is 49.8 Å². The van der Waals surface area contributed by atoms with Crippen LogP contribution >= 0.6 is 0 Å². The minimum atomic E-state index is -0.0105. The van der Waals surface area contributed by atoms with Gasteiger partial charge in [0.1, 0.15) is 0 Å². The average molecular weight is 301 g/mol. The molecule has 1 aliphatic rings. The van der Waals surface area contributed by atoms with Crippen LogP contribution in [0.4, 0.5) is 4.79 Å². The van der Waals surface area contributed by atoms with Crippen LogP contribution in [-0.4, -0.2) is 29.0 Å². The van der Waals surface area contributed by atoms with E-state index in [1.54, 1.807) is 12.4 Å². The highest BCUT2D eigenvalue weighted by Crippen LogP contribution is 2.24. The molecule has 4 heteroatoms. The topological polar surface area (TPSA) is 45.2 Å². The fourth-order valence-electron chi connectivity index (χ4n) is 2.89. The van der Waals surface area contributed by atoms with Crippen molar-refractivity contribution in [3.63, 3.8) is 0 Å². The van der Waals surface area contributed by atoms with Gasteiger partial charge >= 0.3 is 6.03 Å². The van der Waals surface area contributed by atoms with Crippen molar-refractivity contribution in [1.82, 2.24) is 15.2 Å². The van der Waals surface area contributed by atoms with Gasteiger partial charge in [-0.25, -0.2) is 4.79 Å². The first kappa shape index (κ1) is 16.5. The van der Waals surface area contributed by atoms with Crippen molar-refractivity contribution in [2.45, 2.75) is 45.4 Å². The Hall–Kier alpha value is -1.84. The molecule has 1 aliphatic carbocycles. The van der Waals surface area contributed by atoms with Gasteiger partial charge in [-0.1, -0.05) is 25.3 Å². The van der Waals surface area contributed by atoms with Crippen molar-refractivity contribution in [2.75, 3.05) is 13.1 Å². The van der Waals surface area contributed by atoms with Crippen molar-refractivity contribution in [3.05, 3.63) is 42.4 Å². The van der Waals surface area contributed by atoms with Crippen molar-refractivity contribution < 1.29 is 4.79 Å². The van der Waals surface area contributed by atoms with Crippen LogP contribution in [0.15, 0.2) is 36.8 Å². The minimum absolute atomic E-state index is 0.0105. The molecular weight excluding hydrogens is 274 g/mol. The molecule has 0 bridgehead atoms. The summed E-state index contributed by atoms with van der Waals surface area (Å²) in [5.74, 6) is 0.640. The summed E-state index contributed by atoms with van der Waals surface area (Å²) in [7, 11) is 0. The van der Waals surface area contributed by atoms with Crippen LogP contribution in [0.1, 0.15) is 44.6 Å². The van der Waals surface area contributed by atoms with Gasteiger partial charge in [-0.3, -0.25) is 4.98 Å². The summed E-state index contributed by atoms with van der Waals surface area (Å²) in [6.07, 6.45) is 14.9. The Morgan fingerprint density at radius 2 is 2.05 bits per heavy atom. The van der Waals surface area contributed by atoms with Gasteiger partial charge < -0.3 is 10.2 Å². The highest BCUT2D eigenvalue weighted by Gasteiger charge is 2.12. The summed E-state index contributed by atoms with van der Waals surface area (Å²) < 4.78 is 0. The maximum Gasteiger partial charge on any atom is 0.321 e.